The van der Waals surface area contributed by atoms with Crippen LogP contribution in [0.3, 0.4) is 0 Å². The highest BCUT2D eigenvalue weighted by molar-refractivity contribution is 5.74. The van der Waals surface area contributed by atoms with Gasteiger partial charge in [0.05, 0.1) is 12.2 Å². The summed E-state index contributed by atoms with van der Waals surface area (Å²) in [7, 11) is 0. The van der Waals surface area contributed by atoms with Gasteiger partial charge in [0.15, 0.2) is 0 Å². The lowest BCUT2D eigenvalue weighted by Crippen LogP contribution is -2.45. The number of carbonyl (C=O) groups is 1. The number of hydrogen-bond donors (Lipinski definition) is 3. The molecular formula is C17H23F3N2O2. The van der Waals surface area contributed by atoms with Crippen LogP contribution in [0.15, 0.2) is 24.3 Å². The first-order chi connectivity index (χ1) is 11.2. The van der Waals surface area contributed by atoms with Crippen molar-refractivity contribution in [1.29, 1.82) is 0 Å². The molecular weight excluding hydrogens is 321 g/mol. The summed E-state index contributed by atoms with van der Waals surface area (Å²) in [5.74, 6) is -0.499. The molecule has 0 saturated heterocycles. The number of nitrogens with one attached hydrogen (secondary N) is 2. The van der Waals surface area contributed by atoms with Crippen molar-refractivity contribution in [3.8, 4) is 0 Å². The molecule has 0 heterocycles. The van der Waals surface area contributed by atoms with Crippen molar-refractivity contribution in [1.82, 2.24) is 10.6 Å². The standard InChI is InChI=1S/C17H23F3N2O2/c1-11(13-5-3-4-6-14(13)17(18,19)20)12(2)22-15(24)21-9-16(10-23)7-8-16/h3-6,11-12,23H,7-10H2,1-2H3,(H2,21,22,24). The van der Waals surface area contributed by atoms with Crippen LogP contribution in [0.5, 0.6) is 0 Å². The Morgan fingerprint density at radius 3 is 2.46 bits per heavy atom. The van der Waals surface area contributed by atoms with Gasteiger partial charge in [0, 0.05) is 23.9 Å². The molecule has 1 aromatic carbocycles. The van der Waals surface area contributed by atoms with Gasteiger partial charge in [0.25, 0.3) is 0 Å². The van der Waals surface area contributed by atoms with E-state index in [-0.39, 0.29) is 17.6 Å². The normalized spacial score (nSPS) is 18.6. The predicted molar refractivity (Wildman–Crippen MR) is 84.6 cm³/mol. The van der Waals surface area contributed by atoms with E-state index < -0.39 is 29.7 Å². The highest BCUT2D eigenvalue weighted by Crippen LogP contribution is 2.44. The van der Waals surface area contributed by atoms with Crippen LogP contribution in [0.1, 0.15) is 43.7 Å². The van der Waals surface area contributed by atoms with Crippen molar-refractivity contribution < 1.29 is 23.1 Å². The molecule has 1 aliphatic carbocycles. The molecule has 1 saturated carbocycles. The van der Waals surface area contributed by atoms with Gasteiger partial charge < -0.3 is 15.7 Å². The molecule has 7 heteroatoms. The zero-order valence-corrected chi connectivity index (χ0v) is 13.8. The monoisotopic (exact) mass is 344 g/mol. The first kappa shape index (κ1) is 18.6. The molecule has 0 aliphatic heterocycles. The zero-order chi connectivity index (χ0) is 18.0. The van der Waals surface area contributed by atoms with E-state index in [1.54, 1.807) is 19.9 Å². The Labute approximate surface area is 139 Å². The van der Waals surface area contributed by atoms with Crippen LogP contribution in [-0.2, 0) is 6.18 Å². The van der Waals surface area contributed by atoms with Gasteiger partial charge in [-0.1, -0.05) is 25.1 Å². The first-order valence-electron chi connectivity index (χ1n) is 8.00. The molecule has 1 fully saturated rings. The van der Waals surface area contributed by atoms with E-state index >= 15 is 0 Å². The third-order valence-corrected chi connectivity index (χ3v) is 4.78. The van der Waals surface area contributed by atoms with E-state index in [0.717, 1.165) is 18.9 Å². The molecule has 2 rings (SSSR count). The van der Waals surface area contributed by atoms with Gasteiger partial charge in [-0.3, -0.25) is 0 Å². The molecule has 0 spiro atoms. The number of carbonyl (C=O) groups excluding carboxylic acids is 1. The average molecular weight is 344 g/mol. The van der Waals surface area contributed by atoms with Gasteiger partial charge in [-0.05, 0) is 31.4 Å². The fraction of sp³-hybridized carbons (Fsp3) is 0.588. The molecule has 2 atom stereocenters. The van der Waals surface area contributed by atoms with Crippen LogP contribution < -0.4 is 10.6 Å². The maximum Gasteiger partial charge on any atom is 0.416 e. The van der Waals surface area contributed by atoms with Crippen molar-refractivity contribution in [2.24, 2.45) is 5.41 Å². The van der Waals surface area contributed by atoms with Gasteiger partial charge in [-0.25, -0.2) is 4.79 Å². The molecule has 0 radical (unpaired) electrons. The Balaban J connectivity index is 1.97. The van der Waals surface area contributed by atoms with E-state index in [2.05, 4.69) is 10.6 Å². The van der Waals surface area contributed by atoms with Gasteiger partial charge in [-0.2, -0.15) is 13.2 Å². The van der Waals surface area contributed by atoms with Gasteiger partial charge in [0.2, 0.25) is 0 Å². The molecule has 2 amide bonds. The largest absolute Gasteiger partial charge is 0.416 e. The van der Waals surface area contributed by atoms with Gasteiger partial charge in [0.1, 0.15) is 0 Å². The van der Waals surface area contributed by atoms with Crippen molar-refractivity contribution >= 4 is 6.03 Å². The number of urea groups is 1. The summed E-state index contributed by atoms with van der Waals surface area (Å²) in [5, 5.41) is 14.6. The molecule has 24 heavy (non-hydrogen) atoms. The fourth-order valence-electron chi connectivity index (χ4n) is 2.64. The minimum absolute atomic E-state index is 0.0260. The second-order valence-corrected chi connectivity index (χ2v) is 6.65. The quantitative estimate of drug-likeness (QED) is 0.742. The van der Waals surface area contributed by atoms with Crippen LogP contribution in [0.4, 0.5) is 18.0 Å². The first-order valence-corrected chi connectivity index (χ1v) is 8.00. The van der Waals surface area contributed by atoms with E-state index in [1.165, 1.54) is 12.1 Å². The second-order valence-electron chi connectivity index (χ2n) is 6.65. The summed E-state index contributed by atoms with van der Waals surface area (Å²) < 4.78 is 39.3. The number of amides is 2. The van der Waals surface area contributed by atoms with E-state index in [9.17, 15) is 23.1 Å². The fourth-order valence-corrected chi connectivity index (χ4v) is 2.64. The van der Waals surface area contributed by atoms with Crippen molar-refractivity contribution in [3.63, 3.8) is 0 Å². The van der Waals surface area contributed by atoms with Crippen molar-refractivity contribution in [2.75, 3.05) is 13.2 Å². The number of benzene rings is 1. The molecule has 4 nitrogen and oxygen atoms in total. The van der Waals surface area contributed by atoms with Crippen LogP contribution in [0.25, 0.3) is 0 Å². The Morgan fingerprint density at radius 2 is 1.92 bits per heavy atom. The number of rotatable bonds is 6. The van der Waals surface area contributed by atoms with Crippen LogP contribution >= 0.6 is 0 Å². The lowest BCUT2D eigenvalue weighted by Gasteiger charge is -2.25. The average Bonchev–Trinajstić information content (AvgIpc) is 3.32. The van der Waals surface area contributed by atoms with Crippen molar-refractivity contribution in [3.05, 3.63) is 35.4 Å². The molecule has 2 unspecified atom stereocenters. The maximum absolute atomic E-state index is 13.1. The van der Waals surface area contributed by atoms with Crippen molar-refractivity contribution in [2.45, 2.75) is 44.8 Å². The summed E-state index contributed by atoms with van der Waals surface area (Å²) in [6.07, 6.45) is -2.68. The highest BCUT2D eigenvalue weighted by Gasteiger charge is 2.42. The lowest BCUT2D eigenvalue weighted by atomic mass is 9.90. The number of aliphatic hydroxyl groups excluding tert-OH is 1. The Morgan fingerprint density at radius 1 is 1.29 bits per heavy atom. The SMILES string of the molecule is CC(NC(=O)NCC1(CO)CC1)C(C)c1ccccc1C(F)(F)F. The zero-order valence-electron chi connectivity index (χ0n) is 13.8. The summed E-state index contributed by atoms with van der Waals surface area (Å²) in [6, 6.07) is 4.50. The van der Waals surface area contributed by atoms with Crippen LogP contribution in [0.2, 0.25) is 0 Å². The highest BCUT2D eigenvalue weighted by atomic mass is 19.4. The van der Waals surface area contributed by atoms with Gasteiger partial charge in [-0.15, -0.1) is 0 Å². The molecule has 0 bridgehead atoms. The number of halogens is 3. The summed E-state index contributed by atoms with van der Waals surface area (Å²) in [4.78, 5) is 11.9. The molecule has 3 N–H and O–H groups in total. The van der Waals surface area contributed by atoms with Gasteiger partial charge >= 0.3 is 12.2 Å². The molecule has 1 aromatic rings. The number of hydrogen-bond acceptors (Lipinski definition) is 2. The van der Waals surface area contributed by atoms with Crippen LogP contribution in [0, 0.1) is 5.41 Å². The third-order valence-electron chi connectivity index (χ3n) is 4.78. The number of aliphatic hydroxyl groups is 1. The minimum atomic E-state index is -4.42. The molecule has 1 aliphatic rings. The summed E-state index contributed by atoms with van der Waals surface area (Å²) >= 11 is 0. The van der Waals surface area contributed by atoms with Crippen LogP contribution in [-0.4, -0.2) is 30.3 Å². The van der Waals surface area contributed by atoms with E-state index in [1.807, 2.05) is 0 Å². The topological polar surface area (TPSA) is 61.4 Å². The summed E-state index contributed by atoms with van der Waals surface area (Å²) in [5.41, 5.74) is -0.731. The smallest absolute Gasteiger partial charge is 0.396 e. The molecule has 0 aromatic heterocycles. The Kier molecular flexibility index (Phi) is 5.42. The Bertz CT molecular complexity index is 585. The summed E-state index contributed by atoms with van der Waals surface area (Å²) in [6.45, 7) is 3.73. The maximum atomic E-state index is 13.1. The minimum Gasteiger partial charge on any atom is -0.396 e. The second kappa shape index (κ2) is 7.01. The third kappa shape index (κ3) is 4.41. The molecule has 134 valence electrons. The number of alkyl halides is 3. The van der Waals surface area contributed by atoms with E-state index in [0.29, 0.717) is 6.54 Å². The predicted octanol–water partition coefficient (Wildman–Crippen LogP) is 3.27. The lowest BCUT2D eigenvalue weighted by molar-refractivity contribution is -0.138. The Hall–Kier alpha value is -1.76. The van der Waals surface area contributed by atoms with E-state index in [4.69, 9.17) is 0 Å².